The van der Waals surface area contributed by atoms with Crippen LogP contribution in [-0.2, 0) is 19.6 Å². The number of sulfonamides is 1. The molecule has 1 N–H and O–H groups in total. The van der Waals surface area contributed by atoms with Crippen LogP contribution in [0, 0.1) is 0 Å². The Bertz CT molecular complexity index is 591. The predicted octanol–water partition coefficient (Wildman–Crippen LogP) is 1.95. The number of carbonyl (C=O) groups is 1. The van der Waals surface area contributed by atoms with Gasteiger partial charge in [-0.2, -0.15) is 0 Å². The Kier molecular flexibility index (Phi) is 5.91. The predicted molar refractivity (Wildman–Crippen MR) is 77.6 cm³/mol. The molecule has 0 radical (unpaired) electrons. The van der Waals surface area contributed by atoms with E-state index in [1.165, 1.54) is 18.2 Å². The Balaban J connectivity index is 3.09. The number of hydrogen-bond acceptors (Lipinski definition) is 4. The summed E-state index contributed by atoms with van der Waals surface area (Å²) in [4.78, 5) is 11.4. The van der Waals surface area contributed by atoms with Crippen LogP contribution in [0.4, 0.5) is 0 Å². The van der Waals surface area contributed by atoms with Crippen molar-refractivity contribution in [2.75, 3.05) is 6.61 Å². The van der Waals surface area contributed by atoms with Gasteiger partial charge < -0.3 is 4.74 Å². The fraction of sp³-hybridized carbons (Fsp3) is 0.357. The van der Waals surface area contributed by atoms with Gasteiger partial charge in [-0.05, 0) is 38.5 Å². The van der Waals surface area contributed by atoms with Crippen LogP contribution in [0.15, 0.2) is 35.2 Å². The van der Waals surface area contributed by atoms with Crippen molar-refractivity contribution in [2.24, 2.45) is 0 Å². The first-order chi connectivity index (χ1) is 9.36. The van der Waals surface area contributed by atoms with Gasteiger partial charge in [0.15, 0.2) is 0 Å². The summed E-state index contributed by atoms with van der Waals surface area (Å²) < 4.78 is 31.6. The zero-order valence-corrected chi connectivity index (χ0v) is 12.6. The molecule has 0 aromatic heterocycles. The van der Waals surface area contributed by atoms with Gasteiger partial charge in [0.05, 0.1) is 11.5 Å². The monoisotopic (exact) mass is 297 g/mol. The van der Waals surface area contributed by atoms with Crippen LogP contribution in [-0.4, -0.2) is 27.0 Å². The first-order valence-electron chi connectivity index (χ1n) is 6.33. The van der Waals surface area contributed by atoms with E-state index in [4.69, 9.17) is 4.74 Å². The van der Waals surface area contributed by atoms with Gasteiger partial charge in [-0.3, -0.25) is 0 Å². The molecular weight excluding hydrogens is 278 g/mol. The molecule has 0 spiro atoms. The molecule has 0 saturated carbocycles. The summed E-state index contributed by atoms with van der Waals surface area (Å²) in [6.45, 7) is 5.47. The number of esters is 1. The van der Waals surface area contributed by atoms with Gasteiger partial charge in [0.1, 0.15) is 0 Å². The standard InChI is InChI=1S/C14H19NO4S/c1-4-19-14(16)10-9-12-7-5-6-8-13(12)20(17,18)15-11(2)3/h5-11,15H,4H2,1-3H3/b10-9+. The minimum atomic E-state index is -3.60. The fourth-order valence-corrected chi connectivity index (χ4v) is 3.04. The highest BCUT2D eigenvalue weighted by atomic mass is 32.2. The Morgan fingerprint density at radius 2 is 2.00 bits per heavy atom. The van der Waals surface area contributed by atoms with E-state index < -0.39 is 16.0 Å². The first kappa shape index (κ1) is 16.4. The fourth-order valence-electron chi connectivity index (χ4n) is 1.58. The van der Waals surface area contributed by atoms with Gasteiger partial charge in [0.2, 0.25) is 10.0 Å². The molecule has 1 rings (SSSR count). The Labute approximate surface area is 119 Å². The summed E-state index contributed by atoms with van der Waals surface area (Å²) in [5, 5.41) is 0. The topological polar surface area (TPSA) is 72.5 Å². The van der Waals surface area contributed by atoms with Crippen molar-refractivity contribution in [3.05, 3.63) is 35.9 Å². The number of benzene rings is 1. The molecule has 0 aliphatic heterocycles. The second-order valence-corrected chi connectivity index (χ2v) is 6.08. The summed E-state index contributed by atoms with van der Waals surface area (Å²) in [6, 6.07) is 6.26. The lowest BCUT2D eigenvalue weighted by Crippen LogP contribution is -2.30. The molecule has 5 nitrogen and oxygen atoms in total. The van der Waals surface area contributed by atoms with Crippen molar-refractivity contribution >= 4 is 22.1 Å². The molecule has 20 heavy (non-hydrogen) atoms. The maximum absolute atomic E-state index is 12.2. The molecule has 0 unspecified atom stereocenters. The molecule has 0 aliphatic carbocycles. The highest BCUT2D eigenvalue weighted by molar-refractivity contribution is 7.89. The highest BCUT2D eigenvalue weighted by Crippen LogP contribution is 2.17. The molecular formula is C14H19NO4S. The minimum absolute atomic E-state index is 0.134. The van der Waals surface area contributed by atoms with Crippen molar-refractivity contribution in [1.82, 2.24) is 4.72 Å². The molecule has 110 valence electrons. The smallest absolute Gasteiger partial charge is 0.330 e. The van der Waals surface area contributed by atoms with Crippen LogP contribution in [0.2, 0.25) is 0 Å². The van der Waals surface area contributed by atoms with E-state index in [0.717, 1.165) is 0 Å². The summed E-state index contributed by atoms with van der Waals surface area (Å²) in [5.41, 5.74) is 0.439. The molecule has 1 aromatic carbocycles. The molecule has 6 heteroatoms. The summed E-state index contributed by atoms with van der Waals surface area (Å²) >= 11 is 0. The summed E-state index contributed by atoms with van der Waals surface area (Å²) in [5.74, 6) is -0.503. The van der Waals surface area contributed by atoms with E-state index in [9.17, 15) is 13.2 Å². The number of carbonyl (C=O) groups excluding carboxylic acids is 1. The first-order valence-corrected chi connectivity index (χ1v) is 7.81. The number of ether oxygens (including phenoxy) is 1. The SMILES string of the molecule is CCOC(=O)/C=C/c1ccccc1S(=O)(=O)NC(C)C. The molecule has 0 saturated heterocycles. The molecule has 0 fully saturated rings. The average molecular weight is 297 g/mol. The highest BCUT2D eigenvalue weighted by Gasteiger charge is 2.17. The van der Waals surface area contributed by atoms with Crippen LogP contribution in [0.5, 0.6) is 0 Å². The maximum Gasteiger partial charge on any atom is 0.330 e. The number of nitrogens with one attached hydrogen (secondary N) is 1. The van der Waals surface area contributed by atoms with Gasteiger partial charge in [0, 0.05) is 12.1 Å². The zero-order chi connectivity index (χ0) is 15.2. The van der Waals surface area contributed by atoms with Crippen molar-refractivity contribution in [1.29, 1.82) is 0 Å². The number of rotatable bonds is 6. The largest absolute Gasteiger partial charge is 0.463 e. The van der Waals surface area contributed by atoms with Crippen LogP contribution >= 0.6 is 0 Å². The molecule has 1 aromatic rings. The van der Waals surface area contributed by atoms with Crippen molar-refractivity contribution < 1.29 is 17.9 Å². The third-order valence-electron chi connectivity index (χ3n) is 2.28. The van der Waals surface area contributed by atoms with Gasteiger partial charge in [-0.1, -0.05) is 18.2 Å². The summed E-state index contributed by atoms with van der Waals surface area (Å²) in [7, 11) is -3.60. The van der Waals surface area contributed by atoms with Gasteiger partial charge in [-0.15, -0.1) is 0 Å². The van der Waals surface area contributed by atoms with Crippen LogP contribution < -0.4 is 4.72 Å². The Morgan fingerprint density at radius 3 is 2.60 bits per heavy atom. The van der Waals surface area contributed by atoms with Crippen LogP contribution in [0.25, 0.3) is 6.08 Å². The Hall–Kier alpha value is -1.66. The third-order valence-corrected chi connectivity index (χ3v) is 4.02. The third kappa shape index (κ3) is 4.79. The summed E-state index contributed by atoms with van der Waals surface area (Å²) in [6.07, 6.45) is 2.65. The lowest BCUT2D eigenvalue weighted by Gasteiger charge is -2.11. The van der Waals surface area contributed by atoms with E-state index in [2.05, 4.69) is 4.72 Å². The lowest BCUT2D eigenvalue weighted by molar-refractivity contribution is -0.137. The van der Waals surface area contributed by atoms with Crippen molar-refractivity contribution in [2.45, 2.75) is 31.7 Å². The average Bonchev–Trinajstić information content (AvgIpc) is 2.35. The molecule has 0 heterocycles. The minimum Gasteiger partial charge on any atom is -0.463 e. The van der Waals surface area contributed by atoms with Gasteiger partial charge in [0.25, 0.3) is 0 Å². The van der Waals surface area contributed by atoms with E-state index in [0.29, 0.717) is 5.56 Å². The normalized spacial score (nSPS) is 12.0. The lowest BCUT2D eigenvalue weighted by atomic mass is 10.2. The van der Waals surface area contributed by atoms with E-state index in [-0.39, 0.29) is 17.5 Å². The van der Waals surface area contributed by atoms with E-state index in [1.807, 2.05) is 0 Å². The van der Waals surface area contributed by atoms with Crippen LogP contribution in [0.1, 0.15) is 26.3 Å². The molecule has 0 atom stereocenters. The quantitative estimate of drug-likeness (QED) is 0.643. The maximum atomic E-state index is 12.2. The van der Waals surface area contributed by atoms with E-state index >= 15 is 0 Å². The van der Waals surface area contributed by atoms with E-state index in [1.54, 1.807) is 39.0 Å². The molecule has 0 aliphatic rings. The molecule has 0 amide bonds. The van der Waals surface area contributed by atoms with Crippen molar-refractivity contribution in [3.63, 3.8) is 0 Å². The van der Waals surface area contributed by atoms with Gasteiger partial charge in [-0.25, -0.2) is 17.9 Å². The van der Waals surface area contributed by atoms with Crippen LogP contribution in [0.3, 0.4) is 0 Å². The second kappa shape index (κ2) is 7.21. The van der Waals surface area contributed by atoms with Crippen molar-refractivity contribution in [3.8, 4) is 0 Å². The second-order valence-electron chi connectivity index (χ2n) is 4.40. The zero-order valence-electron chi connectivity index (χ0n) is 11.8. The molecule has 0 bridgehead atoms. The Morgan fingerprint density at radius 1 is 1.35 bits per heavy atom. The number of hydrogen-bond donors (Lipinski definition) is 1. The van der Waals surface area contributed by atoms with Gasteiger partial charge >= 0.3 is 5.97 Å².